The number of hydrazine groups is 1. The monoisotopic (exact) mass is 298 g/mol. The van der Waals surface area contributed by atoms with E-state index in [9.17, 15) is 9.59 Å². The van der Waals surface area contributed by atoms with Gasteiger partial charge in [-0.05, 0) is 24.1 Å². The van der Waals surface area contributed by atoms with Crippen molar-refractivity contribution in [3.8, 4) is 5.75 Å². The van der Waals surface area contributed by atoms with Crippen LogP contribution in [0.15, 0.2) is 24.3 Å². The SMILES string of the molecule is CCCC(ONNC=O)c1ccc(OCC=O)cc1.CO. The highest BCUT2D eigenvalue weighted by Gasteiger charge is 2.11. The summed E-state index contributed by atoms with van der Waals surface area (Å²) in [6.07, 6.45) is 2.78. The molecule has 0 saturated heterocycles. The van der Waals surface area contributed by atoms with Gasteiger partial charge in [-0.2, -0.15) is 0 Å². The Morgan fingerprint density at radius 3 is 2.43 bits per heavy atom. The molecule has 0 aromatic heterocycles. The van der Waals surface area contributed by atoms with Crippen molar-refractivity contribution in [1.29, 1.82) is 0 Å². The average molecular weight is 298 g/mol. The molecule has 1 amide bonds. The van der Waals surface area contributed by atoms with E-state index < -0.39 is 0 Å². The van der Waals surface area contributed by atoms with Crippen molar-refractivity contribution in [2.24, 2.45) is 0 Å². The Kier molecular flexibility index (Phi) is 11.8. The molecule has 1 aromatic rings. The summed E-state index contributed by atoms with van der Waals surface area (Å²) in [7, 11) is 1.00. The first-order valence-electron chi connectivity index (χ1n) is 6.52. The Labute approximate surface area is 124 Å². The first-order valence-corrected chi connectivity index (χ1v) is 6.52. The topological polar surface area (TPSA) is 96.9 Å². The number of hydrogen-bond donors (Lipinski definition) is 3. The maximum atomic E-state index is 10.2. The second-order valence-electron chi connectivity index (χ2n) is 3.81. The molecule has 0 radical (unpaired) electrons. The smallest absolute Gasteiger partial charge is 0.223 e. The molecule has 3 N–H and O–H groups in total. The molecule has 118 valence electrons. The normalized spacial score (nSPS) is 10.8. The largest absolute Gasteiger partial charge is 0.486 e. The lowest BCUT2D eigenvalue weighted by Gasteiger charge is -2.17. The van der Waals surface area contributed by atoms with Crippen molar-refractivity contribution in [2.75, 3.05) is 13.7 Å². The molecule has 0 aliphatic heterocycles. The lowest BCUT2D eigenvalue weighted by molar-refractivity contribution is -0.118. The van der Waals surface area contributed by atoms with Gasteiger partial charge in [0.2, 0.25) is 6.41 Å². The van der Waals surface area contributed by atoms with Crippen LogP contribution < -0.4 is 15.8 Å². The Morgan fingerprint density at radius 1 is 1.24 bits per heavy atom. The van der Waals surface area contributed by atoms with Gasteiger partial charge >= 0.3 is 0 Å². The third-order valence-corrected chi connectivity index (χ3v) is 2.44. The predicted octanol–water partition coefficient (Wildman–Crippen LogP) is 0.896. The fourth-order valence-corrected chi connectivity index (χ4v) is 1.59. The molecule has 0 aliphatic carbocycles. The molecule has 1 aromatic carbocycles. The minimum Gasteiger partial charge on any atom is -0.486 e. The van der Waals surface area contributed by atoms with Crippen molar-refractivity contribution >= 4 is 12.7 Å². The zero-order valence-corrected chi connectivity index (χ0v) is 12.2. The molecule has 0 aliphatic rings. The van der Waals surface area contributed by atoms with Crippen LogP contribution in [0.2, 0.25) is 0 Å². The van der Waals surface area contributed by atoms with E-state index in [2.05, 4.69) is 11.0 Å². The van der Waals surface area contributed by atoms with Crippen LogP contribution in [0.25, 0.3) is 0 Å². The second kappa shape index (κ2) is 13.0. The maximum absolute atomic E-state index is 10.2. The molecular formula is C14H22N2O5. The molecular weight excluding hydrogens is 276 g/mol. The van der Waals surface area contributed by atoms with Gasteiger partial charge in [0, 0.05) is 7.11 Å². The highest BCUT2D eigenvalue weighted by Crippen LogP contribution is 2.23. The van der Waals surface area contributed by atoms with Crippen LogP contribution in [0, 0.1) is 0 Å². The molecule has 0 saturated carbocycles. The molecule has 21 heavy (non-hydrogen) atoms. The van der Waals surface area contributed by atoms with Crippen LogP contribution in [0.4, 0.5) is 0 Å². The summed E-state index contributed by atoms with van der Waals surface area (Å²) in [5.74, 6) is 0.630. The van der Waals surface area contributed by atoms with Gasteiger partial charge in [-0.25, -0.2) is 0 Å². The van der Waals surface area contributed by atoms with Crippen molar-refractivity contribution < 1.29 is 24.3 Å². The summed E-state index contributed by atoms with van der Waals surface area (Å²) in [6.45, 7) is 2.09. The van der Waals surface area contributed by atoms with Gasteiger partial charge < -0.3 is 9.84 Å². The van der Waals surface area contributed by atoms with Gasteiger partial charge in [0.1, 0.15) is 18.5 Å². The van der Waals surface area contributed by atoms with Gasteiger partial charge in [0.05, 0.1) is 0 Å². The highest BCUT2D eigenvalue weighted by molar-refractivity contribution is 5.51. The van der Waals surface area contributed by atoms with E-state index in [0.29, 0.717) is 18.4 Å². The highest BCUT2D eigenvalue weighted by atomic mass is 16.7. The molecule has 0 heterocycles. The van der Waals surface area contributed by atoms with Crippen LogP contribution in [0.1, 0.15) is 31.4 Å². The molecule has 0 fully saturated rings. The number of rotatable bonds is 10. The van der Waals surface area contributed by atoms with Gasteiger partial charge in [-0.1, -0.05) is 25.5 Å². The summed E-state index contributed by atoms with van der Waals surface area (Å²) < 4.78 is 5.17. The Hall–Kier alpha value is -1.96. The van der Waals surface area contributed by atoms with Crippen LogP contribution >= 0.6 is 0 Å². The lowest BCUT2D eigenvalue weighted by atomic mass is 10.1. The molecule has 1 rings (SSSR count). The van der Waals surface area contributed by atoms with Crippen molar-refractivity contribution in [3.63, 3.8) is 0 Å². The third kappa shape index (κ3) is 8.03. The van der Waals surface area contributed by atoms with Crippen LogP contribution in [0.3, 0.4) is 0 Å². The molecule has 0 bridgehead atoms. The first kappa shape index (κ1) is 19.0. The van der Waals surface area contributed by atoms with E-state index in [4.69, 9.17) is 14.7 Å². The fourth-order valence-electron chi connectivity index (χ4n) is 1.59. The average Bonchev–Trinajstić information content (AvgIpc) is 2.55. The fraction of sp³-hybridized carbons (Fsp3) is 0.429. The number of aliphatic hydroxyl groups is 1. The summed E-state index contributed by atoms with van der Waals surface area (Å²) in [5, 5.41) is 7.00. The van der Waals surface area contributed by atoms with Crippen LogP contribution in [-0.4, -0.2) is 31.5 Å². The minimum atomic E-state index is -0.169. The minimum absolute atomic E-state index is 0.0407. The molecule has 1 atom stereocenters. The van der Waals surface area contributed by atoms with Crippen molar-refractivity contribution in [3.05, 3.63) is 29.8 Å². The molecule has 7 nitrogen and oxygen atoms in total. The van der Waals surface area contributed by atoms with E-state index in [1.807, 2.05) is 19.1 Å². The number of aliphatic hydroxyl groups excluding tert-OH is 1. The van der Waals surface area contributed by atoms with E-state index in [0.717, 1.165) is 25.5 Å². The zero-order valence-electron chi connectivity index (χ0n) is 12.2. The van der Waals surface area contributed by atoms with Crippen LogP contribution in [-0.2, 0) is 14.4 Å². The Balaban J connectivity index is 0.00000191. The van der Waals surface area contributed by atoms with Crippen molar-refractivity contribution in [1.82, 2.24) is 11.0 Å². The number of carbonyl (C=O) groups excluding carboxylic acids is 2. The van der Waals surface area contributed by atoms with Gasteiger partial charge in [-0.15, -0.1) is 5.59 Å². The number of benzene rings is 1. The number of nitrogens with one attached hydrogen (secondary N) is 2. The zero-order chi connectivity index (χ0) is 15.9. The van der Waals surface area contributed by atoms with Gasteiger partial charge in [-0.3, -0.25) is 19.9 Å². The number of carbonyl (C=O) groups is 2. The van der Waals surface area contributed by atoms with Gasteiger partial charge in [0.25, 0.3) is 0 Å². The quantitative estimate of drug-likeness (QED) is 0.337. The molecule has 7 heteroatoms. The van der Waals surface area contributed by atoms with E-state index in [1.165, 1.54) is 0 Å². The predicted molar refractivity (Wildman–Crippen MR) is 77.2 cm³/mol. The number of ether oxygens (including phenoxy) is 1. The molecule has 1 unspecified atom stereocenters. The van der Waals surface area contributed by atoms with Crippen LogP contribution in [0.5, 0.6) is 5.75 Å². The Morgan fingerprint density at radius 2 is 1.90 bits per heavy atom. The Bertz CT molecular complexity index is 383. The number of hydrogen-bond acceptors (Lipinski definition) is 6. The van der Waals surface area contributed by atoms with Gasteiger partial charge in [0.15, 0.2) is 6.29 Å². The third-order valence-electron chi connectivity index (χ3n) is 2.44. The van der Waals surface area contributed by atoms with E-state index in [-0.39, 0.29) is 12.7 Å². The summed E-state index contributed by atoms with van der Waals surface area (Å²) in [6, 6.07) is 7.28. The van der Waals surface area contributed by atoms with Crippen molar-refractivity contribution in [2.45, 2.75) is 25.9 Å². The van der Waals surface area contributed by atoms with E-state index in [1.54, 1.807) is 12.1 Å². The molecule has 0 spiro atoms. The summed E-state index contributed by atoms with van der Waals surface area (Å²) in [5.41, 5.74) is 5.56. The second-order valence-corrected chi connectivity index (χ2v) is 3.81. The standard InChI is InChI=1S/C13H18N2O4.CH4O/c1-2-3-13(19-15-14-10-17)11-4-6-12(7-5-11)18-9-8-16;1-2/h4-8,10,13,15H,2-3,9H2,1H3,(H,14,17);2H,1H3. The first-order chi connectivity index (χ1) is 10.3. The summed E-state index contributed by atoms with van der Waals surface area (Å²) in [4.78, 5) is 25.7. The lowest BCUT2D eigenvalue weighted by Crippen LogP contribution is -2.32. The number of aldehydes is 1. The maximum Gasteiger partial charge on any atom is 0.223 e. The van der Waals surface area contributed by atoms with E-state index >= 15 is 0 Å². The summed E-state index contributed by atoms with van der Waals surface area (Å²) >= 11 is 0. The number of amides is 1.